The zero-order chi connectivity index (χ0) is 23.3. The van der Waals surface area contributed by atoms with Gasteiger partial charge in [-0.25, -0.2) is 0 Å². The molecule has 5 rings (SSSR count). The van der Waals surface area contributed by atoms with Gasteiger partial charge in [-0.05, 0) is 67.7 Å². The summed E-state index contributed by atoms with van der Waals surface area (Å²) in [6.07, 6.45) is 4.36. The Labute approximate surface area is 207 Å². The van der Waals surface area contributed by atoms with E-state index in [0.29, 0.717) is 10.9 Å². The Kier molecular flexibility index (Phi) is 6.47. The highest BCUT2D eigenvalue weighted by Gasteiger charge is 2.21. The van der Waals surface area contributed by atoms with Crippen molar-refractivity contribution < 1.29 is 0 Å². The van der Waals surface area contributed by atoms with E-state index in [-0.39, 0.29) is 0 Å². The van der Waals surface area contributed by atoms with Gasteiger partial charge in [0, 0.05) is 10.4 Å². The topological polar surface area (TPSA) is 85.7 Å². The van der Waals surface area contributed by atoms with Gasteiger partial charge in [0.1, 0.15) is 11.1 Å². The van der Waals surface area contributed by atoms with Crippen LogP contribution in [0.2, 0.25) is 0 Å². The highest BCUT2D eigenvalue weighted by Crippen LogP contribution is 2.40. The molecule has 6 nitrogen and oxygen atoms in total. The molecule has 0 spiro atoms. The summed E-state index contributed by atoms with van der Waals surface area (Å²) in [4.78, 5) is 1.32. The third-order valence-electron chi connectivity index (χ3n) is 5.68. The number of nitrogens with zero attached hydrogens (tertiary/aromatic N) is 3. The van der Waals surface area contributed by atoms with Gasteiger partial charge in [-0.1, -0.05) is 42.5 Å². The van der Waals surface area contributed by atoms with Crippen molar-refractivity contribution in [2.45, 2.75) is 25.7 Å². The molecule has 2 aromatic carbocycles. The highest BCUT2D eigenvalue weighted by atomic mass is 32.1. The van der Waals surface area contributed by atoms with Crippen molar-refractivity contribution in [1.82, 2.24) is 10.2 Å². The van der Waals surface area contributed by atoms with Gasteiger partial charge in [-0.3, -0.25) is 0 Å². The van der Waals surface area contributed by atoms with E-state index in [9.17, 15) is 5.26 Å². The number of benzene rings is 2. The van der Waals surface area contributed by atoms with Crippen LogP contribution in [0.5, 0.6) is 0 Å². The first kappa shape index (κ1) is 22.0. The number of anilines is 4. The fraction of sp³-hybridized carbons (Fsp3) is 0.154. The number of rotatable bonds is 5. The third kappa shape index (κ3) is 4.76. The Morgan fingerprint density at radius 3 is 2.41 bits per heavy atom. The molecule has 0 fully saturated rings. The Balaban J connectivity index is 1.29. The molecule has 2 heterocycles. The maximum Gasteiger partial charge on any atom is 0.176 e. The van der Waals surface area contributed by atoms with E-state index in [1.54, 1.807) is 11.3 Å². The maximum atomic E-state index is 9.77. The number of aryl methyl sites for hydroxylation is 1. The summed E-state index contributed by atoms with van der Waals surface area (Å²) in [6, 6.07) is 23.9. The molecule has 0 amide bonds. The Morgan fingerprint density at radius 2 is 1.65 bits per heavy atom. The van der Waals surface area contributed by atoms with E-state index < -0.39 is 0 Å². The lowest BCUT2D eigenvalue weighted by molar-refractivity contribution is 0.696. The van der Waals surface area contributed by atoms with Crippen LogP contribution in [-0.4, -0.2) is 15.3 Å². The number of nitrogens with one attached hydrogen (secondary N) is 3. The van der Waals surface area contributed by atoms with Crippen LogP contribution in [0, 0.1) is 11.3 Å². The first-order valence-corrected chi connectivity index (χ1v) is 12.3. The van der Waals surface area contributed by atoms with Crippen LogP contribution in [-0.2, 0) is 12.8 Å². The van der Waals surface area contributed by atoms with Crippen LogP contribution in [0.25, 0.3) is 11.3 Å². The number of fused-ring (bicyclic) bond motifs is 1. The van der Waals surface area contributed by atoms with E-state index in [1.165, 1.54) is 16.9 Å². The minimum atomic E-state index is 0.405. The Bertz CT molecular complexity index is 1360. The van der Waals surface area contributed by atoms with E-state index in [4.69, 9.17) is 12.2 Å². The van der Waals surface area contributed by atoms with Crippen LogP contribution in [0.15, 0.2) is 66.7 Å². The molecule has 0 unspecified atom stereocenters. The predicted molar refractivity (Wildman–Crippen MR) is 143 cm³/mol. The van der Waals surface area contributed by atoms with Crippen molar-refractivity contribution in [3.05, 3.63) is 82.7 Å². The second-order valence-corrected chi connectivity index (χ2v) is 9.46. The monoisotopic (exact) mass is 482 g/mol. The number of thiocarbonyl (C=S) groups is 1. The van der Waals surface area contributed by atoms with E-state index in [0.717, 1.165) is 52.5 Å². The van der Waals surface area contributed by atoms with Crippen LogP contribution < -0.4 is 16.0 Å². The summed E-state index contributed by atoms with van der Waals surface area (Å²) in [5, 5.41) is 29.4. The Morgan fingerprint density at radius 1 is 0.882 bits per heavy atom. The third-order valence-corrected chi connectivity index (χ3v) is 7.09. The van der Waals surface area contributed by atoms with Crippen molar-refractivity contribution in [3.8, 4) is 17.3 Å². The molecular weight excluding hydrogens is 460 g/mol. The van der Waals surface area contributed by atoms with Crippen molar-refractivity contribution in [1.29, 1.82) is 5.26 Å². The smallest absolute Gasteiger partial charge is 0.176 e. The zero-order valence-corrected chi connectivity index (χ0v) is 20.0. The molecule has 168 valence electrons. The largest absolute Gasteiger partial charge is 0.344 e. The number of hydrogen-bond acceptors (Lipinski definition) is 6. The predicted octanol–water partition coefficient (Wildman–Crippen LogP) is 6.51. The van der Waals surface area contributed by atoms with Gasteiger partial charge < -0.3 is 16.0 Å². The molecule has 0 atom stereocenters. The highest BCUT2D eigenvalue weighted by molar-refractivity contribution is 7.80. The molecule has 1 aliphatic carbocycles. The van der Waals surface area contributed by atoms with Crippen LogP contribution >= 0.6 is 23.6 Å². The number of aromatic nitrogens is 2. The summed E-state index contributed by atoms with van der Waals surface area (Å²) in [7, 11) is 0. The molecule has 1 aliphatic rings. The molecule has 8 heteroatoms. The standard InChI is InChI=1S/C26H22N6S2/c27-16-19-18-10-4-7-13-23(18)34-25(19)28-21-11-5-6-12-22(21)29-26(33)30-24-15-14-20(31-32-24)17-8-2-1-3-9-17/h1-3,5-6,8-9,11-12,14-15,28H,4,7,10,13H2,(H2,29,30,32,33). The average Bonchev–Trinajstić information content (AvgIpc) is 3.23. The molecule has 0 radical (unpaired) electrons. The quantitative estimate of drug-likeness (QED) is 0.280. The van der Waals surface area contributed by atoms with Crippen molar-refractivity contribution in [3.63, 3.8) is 0 Å². The molecule has 2 aromatic heterocycles. The first-order chi connectivity index (χ1) is 16.7. The van der Waals surface area contributed by atoms with Gasteiger partial charge in [0.25, 0.3) is 0 Å². The Hall–Kier alpha value is -3.80. The van der Waals surface area contributed by atoms with Gasteiger partial charge in [0.15, 0.2) is 10.9 Å². The summed E-state index contributed by atoms with van der Waals surface area (Å²) in [5.41, 5.74) is 5.45. The van der Waals surface area contributed by atoms with Gasteiger partial charge in [0.05, 0.1) is 22.6 Å². The first-order valence-electron chi connectivity index (χ1n) is 11.1. The summed E-state index contributed by atoms with van der Waals surface area (Å²) in [6.45, 7) is 0. The van der Waals surface area contributed by atoms with Crippen LogP contribution in [0.3, 0.4) is 0 Å². The molecule has 4 aromatic rings. The number of para-hydroxylation sites is 2. The number of thiophene rings is 1. The van der Waals surface area contributed by atoms with Crippen LogP contribution in [0.1, 0.15) is 28.8 Å². The van der Waals surface area contributed by atoms with Gasteiger partial charge in [-0.15, -0.1) is 21.5 Å². The molecule has 0 saturated heterocycles. The lowest BCUT2D eigenvalue weighted by atomic mass is 9.96. The average molecular weight is 483 g/mol. The SMILES string of the molecule is N#Cc1c(Nc2ccccc2NC(=S)Nc2ccc(-c3ccccc3)nn2)sc2c1CCCC2. The normalized spacial score (nSPS) is 12.3. The van der Waals surface area contributed by atoms with Crippen molar-refractivity contribution >= 4 is 50.9 Å². The fourth-order valence-electron chi connectivity index (χ4n) is 4.03. The summed E-state index contributed by atoms with van der Waals surface area (Å²) in [5.74, 6) is 0.556. The molecule has 3 N–H and O–H groups in total. The van der Waals surface area contributed by atoms with E-state index in [1.807, 2.05) is 66.7 Å². The minimum Gasteiger partial charge on any atom is -0.344 e. The van der Waals surface area contributed by atoms with Crippen molar-refractivity contribution in [2.24, 2.45) is 0 Å². The molecule has 0 bridgehead atoms. The molecular formula is C26H22N6S2. The minimum absolute atomic E-state index is 0.405. The van der Waals surface area contributed by atoms with Crippen molar-refractivity contribution in [2.75, 3.05) is 16.0 Å². The second kappa shape index (κ2) is 10.00. The molecule has 0 saturated carbocycles. The van der Waals surface area contributed by atoms with Gasteiger partial charge in [0.2, 0.25) is 0 Å². The summed E-state index contributed by atoms with van der Waals surface area (Å²) < 4.78 is 0. The summed E-state index contributed by atoms with van der Waals surface area (Å²) >= 11 is 7.20. The van der Waals surface area contributed by atoms with Gasteiger partial charge >= 0.3 is 0 Å². The van der Waals surface area contributed by atoms with Crippen LogP contribution in [0.4, 0.5) is 22.2 Å². The zero-order valence-electron chi connectivity index (χ0n) is 18.3. The number of hydrogen-bond donors (Lipinski definition) is 3. The maximum absolute atomic E-state index is 9.77. The van der Waals surface area contributed by atoms with Gasteiger partial charge in [-0.2, -0.15) is 5.26 Å². The van der Waals surface area contributed by atoms with E-state index in [2.05, 4.69) is 32.2 Å². The van der Waals surface area contributed by atoms with E-state index >= 15 is 0 Å². The molecule has 34 heavy (non-hydrogen) atoms. The lowest BCUT2D eigenvalue weighted by Gasteiger charge is -2.14. The lowest BCUT2D eigenvalue weighted by Crippen LogP contribution is -2.20. The second-order valence-electron chi connectivity index (χ2n) is 7.95. The fourth-order valence-corrected chi connectivity index (χ4v) is 5.49. The number of nitriles is 1. The molecule has 0 aliphatic heterocycles.